The van der Waals surface area contributed by atoms with Gasteiger partial charge < -0.3 is 0 Å². The molecule has 0 heterocycles. The van der Waals surface area contributed by atoms with Gasteiger partial charge in [0.05, 0.1) is 21.7 Å². The molecule has 5 rings (SSSR count). The van der Waals surface area contributed by atoms with Gasteiger partial charge in [0.15, 0.2) is 46.3 Å². The number of ketones is 8. The normalized spacial score (nSPS) is 30.2. The van der Waals surface area contributed by atoms with Gasteiger partial charge in [-0.2, -0.15) is 0 Å². The Bertz CT molecular complexity index is 1110. The second kappa shape index (κ2) is 12.4. The predicted octanol–water partition coefficient (Wildman–Crippen LogP) is 5.02. The van der Waals surface area contributed by atoms with Gasteiger partial charge in [0, 0.05) is 0 Å². The van der Waals surface area contributed by atoms with Crippen LogP contribution in [0.2, 0.25) is 0 Å². The number of hydrogen-bond acceptors (Lipinski definition) is 8. The highest BCUT2D eigenvalue weighted by Crippen LogP contribution is 2.45. The first-order valence-corrected chi connectivity index (χ1v) is 16.1. The van der Waals surface area contributed by atoms with E-state index in [2.05, 4.69) is 0 Å². The van der Waals surface area contributed by atoms with E-state index in [1.807, 2.05) is 0 Å². The van der Waals surface area contributed by atoms with Gasteiger partial charge in [-0.3, -0.25) is 38.4 Å². The van der Waals surface area contributed by atoms with Crippen LogP contribution in [0, 0.1) is 21.7 Å². The van der Waals surface area contributed by atoms with Crippen LogP contribution >= 0.6 is 0 Å². The van der Waals surface area contributed by atoms with E-state index in [0.717, 1.165) is 48.6 Å². The second-order valence-corrected chi connectivity index (χ2v) is 13.4. The van der Waals surface area contributed by atoms with Crippen LogP contribution in [0.5, 0.6) is 0 Å². The quantitative estimate of drug-likeness (QED) is 0.354. The number of rotatable bonds is 0. The highest BCUT2D eigenvalue weighted by Gasteiger charge is 2.50. The molecule has 0 radical (unpaired) electrons. The van der Waals surface area contributed by atoms with Gasteiger partial charge >= 0.3 is 0 Å². The van der Waals surface area contributed by atoms with Gasteiger partial charge in [0.25, 0.3) is 0 Å². The number of allylic oxidation sites excluding steroid dienone is 8. The summed E-state index contributed by atoms with van der Waals surface area (Å²) in [5, 5.41) is 0. The van der Waals surface area contributed by atoms with E-state index in [1.54, 1.807) is 0 Å². The maximum Gasteiger partial charge on any atom is 0.169 e. The first-order chi connectivity index (χ1) is 21.0. The van der Waals surface area contributed by atoms with E-state index in [0.29, 0.717) is 51.4 Å². The Hall–Kier alpha value is -3.68. The number of carbonyl (C=O) groups is 8. The first-order valence-electron chi connectivity index (χ1n) is 16.1. The lowest BCUT2D eigenvalue weighted by atomic mass is 9.73. The summed E-state index contributed by atoms with van der Waals surface area (Å²) >= 11 is 0. The van der Waals surface area contributed by atoms with Gasteiger partial charge in [0.1, 0.15) is 0 Å². The van der Waals surface area contributed by atoms with Crippen molar-refractivity contribution in [3.8, 4) is 0 Å². The summed E-state index contributed by atoms with van der Waals surface area (Å²) in [6.45, 7) is 0. The fourth-order valence-corrected chi connectivity index (χ4v) is 8.25. The van der Waals surface area contributed by atoms with Crippen LogP contribution in [0.4, 0.5) is 0 Å². The SMILES string of the molecule is O=C1/C=C\C(=O)C2(CCCC2)C(=O)/C=C\C(=O)C2(CCCC2)C(=O)/C=C\C(=O)C2(CCCC2)C(=O)/C=C\C(=O)C12CCCC2. The maximum absolute atomic E-state index is 13.5. The Morgan fingerprint density at radius 3 is 0.477 bits per heavy atom. The van der Waals surface area contributed by atoms with Crippen LogP contribution in [-0.4, -0.2) is 46.3 Å². The van der Waals surface area contributed by atoms with E-state index in [9.17, 15) is 38.4 Å². The topological polar surface area (TPSA) is 137 Å². The maximum atomic E-state index is 13.5. The molecule has 0 amide bonds. The monoisotopic (exact) mass is 600 g/mol. The fourth-order valence-electron chi connectivity index (χ4n) is 8.25. The van der Waals surface area contributed by atoms with Crippen LogP contribution < -0.4 is 0 Å². The average Bonchev–Trinajstić information content (AvgIpc) is 3.85. The summed E-state index contributed by atoms with van der Waals surface area (Å²) in [5.41, 5.74) is -5.66. The van der Waals surface area contributed by atoms with Crippen molar-refractivity contribution < 1.29 is 38.4 Å². The molecule has 0 N–H and O–H groups in total. The molecule has 0 unspecified atom stereocenters. The third kappa shape index (κ3) is 5.30. The van der Waals surface area contributed by atoms with E-state index in [-0.39, 0.29) is 51.4 Å². The van der Waals surface area contributed by atoms with Crippen molar-refractivity contribution in [2.45, 2.75) is 103 Å². The minimum absolute atomic E-state index is 0.271. The Morgan fingerprint density at radius 2 is 0.364 bits per heavy atom. The molecular formula is C36H40O8. The zero-order valence-electron chi connectivity index (χ0n) is 25.2. The van der Waals surface area contributed by atoms with Gasteiger partial charge in [-0.1, -0.05) is 51.4 Å². The zero-order valence-corrected chi connectivity index (χ0v) is 25.2. The summed E-state index contributed by atoms with van der Waals surface area (Å²) in [6, 6.07) is 0. The van der Waals surface area contributed by atoms with Crippen molar-refractivity contribution in [3.05, 3.63) is 48.6 Å². The Kier molecular flexibility index (Phi) is 8.92. The van der Waals surface area contributed by atoms with Crippen molar-refractivity contribution >= 4 is 46.3 Å². The van der Waals surface area contributed by atoms with Gasteiger partial charge in [0.2, 0.25) is 0 Å². The van der Waals surface area contributed by atoms with E-state index < -0.39 is 67.9 Å². The van der Waals surface area contributed by atoms with Gasteiger partial charge in [-0.15, -0.1) is 0 Å². The predicted molar refractivity (Wildman–Crippen MR) is 160 cm³/mol. The van der Waals surface area contributed by atoms with Crippen molar-refractivity contribution in [1.82, 2.24) is 0 Å². The molecule has 44 heavy (non-hydrogen) atoms. The first kappa shape index (κ1) is 31.7. The molecule has 4 fully saturated rings. The third-order valence-corrected chi connectivity index (χ3v) is 11.1. The number of carbonyl (C=O) groups excluding carboxylic acids is 8. The minimum Gasteiger partial charge on any atom is -0.294 e. The Labute approximate surface area is 257 Å². The molecule has 232 valence electrons. The molecule has 0 aromatic rings. The molecule has 4 spiro atoms. The molecule has 0 saturated heterocycles. The molecular weight excluding hydrogens is 560 g/mol. The summed E-state index contributed by atoms with van der Waals surface area (Å²) in [6.07, 6.45) is 16.0. The number of hydrogen-bond donors (Lipinski definition) is 0. The second-order valence-electron chi connectivity index (χ2n) is 13.4. The molecule has 0 aromatic heterocycles. The van der Waals surface area contributed by atoms with Crippen LogP contribution in [-0.2, 0) is 38.4 Å². The molecule has 0 atom stereocenters. The molecule has 5 aliphatic rings. The van der Waals surface area contributed by atoms with Gasteiger partial charge in [-0.05, 0) is 100.0 Å². The molecule has 8 nitrogen and oxygen atoms in total. The highest BCUT2D eigenvalue weighted by atomic mass is 16.2. The highest BCUT2D eigenvalue weighted by molar-refractivity contribution is 6.24. The lowest BCUT2D eigenvalue weighted by Gasteiger charge is -2.26. The van der Waals surface area contributed by atoms with Crippen LogP contribution in [0.3, 0.4) is 0 Å². The largest absolute Gasteiger partial charge is 0.294 e. The molecule has 5 aliphatic carbocycles. The standard InChI is InChI=1S/C36H40O8/c37-25-9-11-27(39)34(19-3-4-20-34)29(41)13-15-31(43)36(23-7-8-24-36)32(44)16-14-30(42)35(21-5-6-22-35)28(40)12-10-26(38)33(25)17-1-2-18-33/h9-16H,1-8,17-24H2/b11-9-,12-10-,15-13-,16-14-. The minimum atomic E-state index is -1.41. The Morgan fingerprint density at radius 1 is 0.250 bits per heavy atom. The van der Waals surface area contributed by atoms with Crippen molar-refractivity contribution in [2.24, 2.45) is 21.7 Å². The van der Waals surface area contributed by atoms with Crippen molar-refractivity contribution in [3.63, 3.8) is 0 Å². The lowest BCUT2D eigenvalue weighted by molar-refractivity contribution is -0.138. The summed E-state index contributed by atoms with van der Waals surface area (Å²) in [7, 11) is 0. The molecule has 0 bridgehead atoms. The van der Waals surface area contributed by atoms with Crippen LogP contribution in [0.15, 0.2) is 48.6 Å². The van der Waals surface area contributed by atoms with E-state index in [4.69, 9.17) is 0 Å². The third-order valence-electron chi connectivity index (χ3n) is 11.1. The van der Waals surface area contributed by atoms with E-state index in [1.165, 1.54) is 0 Å². The lowest BCUT2D eigenvalue weighted by Crippen LogP contribution is -2.38. The molecule has 0 aromatic carbocycles. The summed E-state index contributed by atoms with van der Waals surface area (Å²) < 4.78 is 0. The smallest absolute Gasteiger partial charge is 0.169 e. The van der Waals surface area contributed by atoms with Gasteiger partial charge in [-0.25, -0.2) is 0 Å². The molecule has 8 heteroatoms. The van der Waals surface area contributed by atoms with Crippen molar-refractivity contribution in [2.75, 3.05) is 0 Å². The average molecular weight is 601 g/mol. The van der Waals surface area contributed by atoms with Crippen LogP contribution in [0.25, 0.3) is 0 Å². The summed E-state index contributed by atoms with van der Waals surface area (Å²) in [4.78, 5) is 108. The Balaban J connectivity index is 1.57. The van der Waals surface area contributed by atoms with Crippen LogP contribution in [0.1, 0.15) is 103 Å². The fraction of sp³-hybridized carbons (Fsp3) is 0.556. The summed E-state index contributed by atoms with van der Waals surface area (Å²) in [5.74, 6) is -4.32. The molecule has 4 saturated carbocycles. The molecule has 0 aliphatic heterocycles. The van der Waals surface area contributed by atoms with Crippen molar-refractivity contribution in [1.29, 1.82) is 0 Å². The van der Waals surface area contributed by atoms with E-state index >= 15 is 0 Å². The zero-order chi connectivity index (χ0) is 31.6.